The van der Waals surface area contributed by atoms with Gasteiger partial charge in [0.2, 0.25) is 0 Å². The summed E-state index contributed by atoms with van der Waals surface area (Å²) >= 11 is 0. The van der Waals surface area contributed by atoms with Gasteiger partial charge >= 0.3 is 8.17 Å². The van der Waals surface area contributed by atoms with E-state index in [-0.39, 0.29) is 0 Å². The molecule has 0 aliphatic carbocycles. The van der Waals surface area contributed by atoms with Crippen molar-refractivity contribution in [2.45, 2.75) is 90.9 Å². The minimum Gasteiger partial charge on any atom is -0.167 e. The third-order valence-corrected chi connectivity index (χ3v) is 4.88. The number of hydrogen-bond donors (Lipinski definition) is 1. The summed E-state index contributed by atoms with van der Waals surface area (Å²) < 4.78 is 14.9. The zero-order valence-electron chi connectivity index (χ0n) is 14.6. The van der Waals surface area contributed by atoms with E-state index in [1.165, 1.54) is 51.4 Å². The van der Waals surface area contributed by atoms with Gasteiger partial charge in [-0.3, -0.25) is 0 Å². The van der Waals surface area contributed by atoms with Crippen molar-refractivity contribution in [3.8, 4) is 0 Å². The Balaban J connectivity index is 3.54. The van der Waals surface area contributed by atoms with Gasteiger partial charge in [-0.05, 0) is 12.8 Å². The van der Waals surface area contributed by atoms with Crippen molar-refractivity contribution in [3.05, 3.63) is 0 Å². The van der Waals surface area contributed by atoms with Crippen LogP contribution in [0.25, 0.3) is 0 Å². The van der Waals surface area contributed by atoms with Gasteiger partial charge in [0.1, 0.15) is 13.2 Å². The molecule has 0 saturated heterocycles. The molecule has 133 valence electrons. The average molecular weight is 337 g/mol. The van der Waals surface area contributed by atoms with Gasteiger partial charge in [0, 0.05) is 0 Å². The summed E-state index contributed by atoms with van der Waals surface area (Å²) in [6.45, 7) is 5.13. The maximum absolute atomic E-state index is 12.1. The summed E-state index contributed by atoms with van der Waals surface area (Å²) in [5.74, 6) is 5.05. The molecule has 0 rings (SSSR count). The molecule has 0 heterocycles. The lowest BCUT2D eigenvalue weighted by atomic mass is 10.1. The molecule has 0 aliphatic rings. The molecule has 1 radical (unpaired) electrons. The van der Waals surface area contributed by atoms with Gasteiger partial charge in [0.25, 0.3) is 0 Å². The summed E-state index contributed by atoms with van der Waals surface area (Å²) in [7, 11) is -3.55. The highest BCUT2D eigenvalue weighted by atomic mass is 31.2. The van der Waals surface area contributed by atoms with Crippen LogP contribution in [0.2, 0.25) is 0 Å². The monoisotopic (exact) mass is 337 g/mol. The largest absolute Gasteiger partial charge is 0.628 e. The van der Waals surface area contributed by atoms with Crippen LogP contribution in [0.4, 0.5) is 0 Å². The van der Waals surface area contributed by atoms with Gasteiger partial charge in [-0.1, -0.05) is 82.7 Å². The molecule has 22 heavy (non-hydrogen) atoms. The van der Waals surface area contributed by atoms with Gasteiger partial charge in [0.05, 0.1) is 4.89 Å². The molecule has 2 N–H and O–H groups in total. The Kier molecular flexibility index (Phi) is 16.3. The molecule has 0 spiro atoms. The summed E-state index contributed by atoms with van der Waals surface area (Å²) in [6.07, 6.45) is 13.7. The van der Waals surface area contributed by atoms with Gasteiger partial charge in [-0.15, -0.1) is 0 Å². The molecule has 0 saturated carbocycles. The Morgan fingerprint density at radius 2 is 1.05 bits per heavy atom. The van der Waals surface area contributed by atoms with E-state index in [1.54, 1.807) is 0 Å². The van der Waals surface area contributed by atoms with Crippen molar-refractivity contribution in [2.75, 3.05) is 13.2 Å². The van der Waals surface area contributed by atoms with E-state index in [9.17, 15) is 4.89 Å². The second-order valence-corrected chi connectivity index (χ2v) is 7.38. The van der Waals surface area contributed by atoms with E-state index in [2.05, 4.69) is 18.5 Å². The Hall–Kier alpha value is 0.230. The molecule has 0 unspecified atom stereocenters. The maximum Gasteiger partial charge on any atom is 0.628 e. The Morgan fingerprint density at radius 1 is 0.682 bits per heavy atom. The van der Waals surface area contributed by atoms with E-state index in [0.29, 0.717) is 13.2 Å². The molecule has 0 aliphatic heterocycles. The minimum atomic E-state index is -3.55. The van der Waals surface area contributed by atoms with Crippen molar-refractivity contribution in [2.24, 2.45) is 5.90 Å². The fourth-order valence-electron chi connectivity index (χ4n) is 2.22. The van der Waals surface area contributed by atoms with Crippen LogP contribution in [0, 0.1) is 0 Å². The normalized spacial score (nSPS) is 12.0. The lowest BCUT2D eigenvalue weighted by molar-refractivity contribution is 0.0597. The summed E-state index contributed by atoms with van der Waals surface area (Å²) in [5.41, 5.74) is 0. The van der Waals surface area contributed by atoms with Crippen LogP contribution in [-0.2, 0) is 18.6 Å². The second-order valence-electron chi connectivity index (χ2n) is 5.75. The van der Waals surface area contributed by atoms with Crippen molar-refractivity contribution < 1.29 is 18.6 Å². The van der Waals surface area contributed by atoms with E-state index in [0.717, 1.165) is 25.7 Å². The van der Waals surface area contributed by atoms with Crippen molar-refractivity contribution >= 4 is 8.17 Å². The molecule has 0 fully saturated rings. The predicted octanol–water partition coefficient (Wildman–Crippen LogP) is 5.74. The molecule has 0 bridgehead atoms. The average Bonchev–Trinajstić information content (AvgIpc) is 2.53. The minimum absolute atomic E-state index is 0.372. The smallest absolute Gasteiger partial charge is 0.167 e. The van der Waals surface area contributed by atoms with Crippen LogP contribution in [0.15, 0.2) is 0 Å². The third kappa shape index (κ3) is 13.9. The highest BCUT2D eigenvalue weighted by Crippen LogP contribution is 2.57. The van der Waals surface area contributed by atoms with Gasteiger partial charge in [0.15, 0.2) is 0 Å². The fourth-order valence-corrected chi connectivity index (χ4v) is 3.12. The highest BCUT2D eigenvalue weighted by Gasteiger charge is 2.47. The third-order valence-electron chi connectivity index (χ3n) is 3.62. The Bertz CT molecular complexity index is 214. The van der Waals surface area contributed by atoms with Gasteiger partial charge in [-0.25, -0.2) is 0 Å². The fraction of sp³-hybridized carbons (Fsp3) is 1.00. The molecule has 0 aromatic heterocycles. The second kappa shape index (κ2) is 16.1. The molecular formula is C16H36NO4P+. The molecule has 0 aromatic carbocycles. The zero-order valence-corrected chi connectivity index (χ0v) is 15.5. The van der Waals surface area contributed by atoms with E-state index in [4.69, 9.17) is 14.9 Å². The van der Waals surface area contributed by atoms with Crippen LogP contribution in [-0.4, -0.2) is 13.2 Å². The van der Waals surface area contributed by atoms with Crippen LogP contribution in [0.3, 0.4) is 0 Å². The number of rotatable bonds is 17. The molecule has 0 atom stereocenters. The lowest BCUT2D eigenvalue weighted by Crippen LogP contribution is -2.11. The quantitative estimate of drug-likeness (QED) is 0.209. The summed E-state index contributed by atoms with van der Waals surface area (Å²) in [6, 6.07) is 0. The number of unbranched alkanes of at least 4 members (excludes halogenated alkanes) is 10. The van der Waals surface area contributed by atoms with Crippen molar-refractivity contribution in [1.82, 2.24) is 0 Å². The van der Waals surface area contributed by atoms with E-state index >= 15 is 0 Å². The Morgan fingerprint density at radius 3 is 1.41 bits per heavy atom. The standard InChI is InChI=1S/C16H36NO4P/c1-3-5-7-9-11-13-15-19-22(18,21-17)20-16-14-12-10-8-6-4-2/h3-17H2,1-2H3/q+1. The molecule has 0 amide bonds. The van der Waals surface area contributed by atoms with Crippen LogP contribution >= 0.6 is 8.17 Å². The summed E-state index contributed by atoms with van der Waals surface area (Å²) in [5, 5.41) is 0. The van der Waals surface area contributed by atoms with E-state index in [1.807, 2.05) is 0 Å². The number of nitrogens with two attached hydrogens (primary N) is 1. The summed E-state index contributed by atoms with van der Waals surface area (Å²) in [4.78, 5) is 12.1. The first-order chi connectivity index (χ1) is 10.7. The molecular weight excluding hydrogens is 301 g/mol. The van der Waals surface area contributed by atoms with Crippen molar-refractivity contribution in [3.63, 3.8) is 0 Å². The first-order valence-corrected chi connectivity index (χ1v) is 10.4. The zero-order chi connectivity index (χ0) is 16.5. The van der Waals surface area contributed by atoms with Gasteiger partial charge in [-0.2, -0.15) is 14.9 Å². The molecule has 0 aromatic rings. The Labute approximate surface area is 137 Å². The molecule has 5 nitrogen and oxygen atoms in total. The SMILES string of the molecule is CCCCCCCCO[P+]([O])(ON)OCCCCCCCC. The highest BCUT2D eigenvalue weighted by molar-refractivity contribution is 7.55. The number of hydrogen-bond acceptors (Lipinski definition) is 4. The van der Waals surface area contributed by atoms with Gasteiger partial charge < -0.3 is 0 Å². The lowest BCUT2D eigenvalue weighted by Gasteiger charge is -2.10. The predicted molar refractivity (Wildman–Crippen MR) is 91.5 cm³/mol. The first kappa shape index (κ1) is 22.2. The topological polar surface area (TPSA) is 73.6 Å². The molecule has 6 heteroatoms. The van der Waals surface area contributed by atoms with Crippen LogP contribution in [0.5, 0.6) is 0 Å². The maximum atomic E-state index is 12.1. The van der Waals surface area contributed by atoms with Crippen molar-refractivity contribution in [1.29, 1.82) is 0 Å². The first-order valence-electron chi connectivity index (χ1n) is 8.96. The van der Waals surface area contributed by atoms with Crippen LogP contribution < -0.4 is 5.90 Å². The van der Waals surface area contributed by atoms with Crippen LogP contribution in [0.1, 0.15) is 90.9 Å². The van der Waals surface area contributed by atoms with E-state index < -0.39 is 8.17 Å².